The van der Waals surface area contributed by atoms with Gasteiger partial charge < -0.3 is 10.6 Å². The van der Waals surface area contributed by atoms with Crippen LogP contribution in [-0.4, -0.2) is 18.4 Å². The quantitative estimate of drug-likeness (QED) is 0.830. The third-order valence-electron chi connectivity index (χ3n) is 4.50. The second kappa shape index (κ2) is 7.46. The van der Waals surface area contributed by atoms with Crippen LogP contribution in [0.15, 0.2) is 48.5 Å². The van der Waals surface area contributed by atoms with E-state index in [0.717, 1.165) is 24.8 Å². The first-order valence-electron chi connectivity index (χ1n) is 8.10. The van der Waals surface area contributed by atoms with E-state index in [0.29, 0.717) is 15.6 Å². The van der Waals surface area contributed by atoms with Crippen molar-refractivity contribution in [2.45, 2.75) is 24.8 Å². The summed E-state index contributed by atoms with van der Waals surface area (Å²) in [6.45, 7) is -0.0896. The second-order valence-corrected chi connectivity index (χ2v) is 6.98. The van der Waals surface area contributed by atoms with Gasteiger partial charge in [0, 0.05) is 5.56 Å². The third-order valence-corrected chi connectivity index (χ3v) is 5.24. The van der Waals surface area contributed by atoms with Gasteiger partial charge in [0.15, 0.2) is 0 Å². The molecule has 130 valence electrons. The Labute approximate surface area is 156 Å². The van der Waals surface area contributed by atoms with Crippen LogP contribution in [0.25, 0.3) is 0 Å². The molecule has 6 heteroatoms. The van der Waals surface area contributed by atoms with Crippen molar-refractivity contribution < 1.29 is 9.59 Å². The van der Waals surface area contributed by atoms with Gasteiger partial charge in [-0.05, 0) is 43.0 Å². The van der Waals surface area contributed by atoms with Gasteiger partial charge >= 0.3 is 0 Å². The van der Waals surface area contributed by atoms with E-state index in [2.05, 4.69) is 10.6 Å². The number of nitrogens with one attached hydrogen (secondary N) is 2. The molecule has 0 aromatic heterocycles. The van der Waals surface area contributed by atoms with Crippen LogP contribution in [-0.2, 0) is 10.3 Å². The summed E-state index contributed by atoms with van der Waals surface area (Å²) < 4.78 is 0. The highest BCUT2D eigenvalue weighted by Crippen LogP contribution is 2.41. The molecule has 2 N–H and O–H groups in total. The van der Waals surface area contributed by atoms with Crippen LogP contribution >= 0.6 is 23.2 Å². The van der Waals surface area contributed by atoms with Gasteiger partial charge in [0.05, 0.1) is 22.1 Å². The molecule has 2 amide bonds. The van der Waals surface area contributed by atoms with E-state index in [4.69, 9.17) is 23.2 Å². The molecule has 3 rings (SSSR count). The van der Waals surface area contributed by atoms with E-state index in [9.17, 15) is 9.59 Å². The molecule has 0 unspecified atom stereocenters. The van der Waals surface area contributed by atoms with Crippen molar-refractivity contribution in [2.24, 2.45) is 0 Å². The molecular weight excluding hydrogens is 359 g/mol. The average molecular weight is 377 g/mol. The number of benzene rings is 2. The monoisotopic (exact) mass is 376 g/mol. The highest BCUT2D eigenvalue weighted by Gasteiger charge is 2.39. The van der Waals surface area contributed by atoms with Gasteiger partial charge in [0.25, 0.3) is 5.91 Å². The lowest BCUT2D eigenvalue weighted by molar-refractivity contribution is -0.123. The van der Waals surface area contributed by atoms with Gasteiger partial charge in [-0.2, -0.15) is 0 Å². The predicted molar refractivity (Wildman–Crippen MR) is 98.9 cm³/mol. The molecule has 25 heavy (non-hydrogen) atoms. The molecular formula is C19H18Cl2N2O2. The number of carbonyl (C=O) groups is 2. The van der Waals surface area contributed by atoms with Gasteiger partial charge in [-0.3, -0.25) is 9.59 Å². The average Bonchev–Trinajstić information content (AvgIpc) is 2.59. The Morgan fingerprint density at radius 2 is 1.72 bits per heavy atom. The number of rotatable bonds is 5. The molecule has 1 saturated carbocycles. The summed E-state index contributed by atoms with van der Waals surface area (Å²) in [5.74, 6) is -0.576. The minimum atomic E-state index is -0.365. The summed E-state index contributed by atoms with van der Waals surface area (Å²) in [5.41, 5.74) is 1.15. The summed E-state index contributed by atoms with van der Waals surface area (Å²) >= 11 is 11.7. The summed E-state index contributed by atoms with van der Waals surface area (Å²) in [7, 11) is 0. The zero-order chi connectivity index (χ0) is 17.9. The fourth-order valence-corrected chi connectivity index (χ4v) is 3.28. The van der Waals surface area contributed by atoms with Crippen LogP contribution in [0.4, 0.5) is 0 Å². The fourth-order valence-electron chi connectivity index (χ4n) is 2.98. The van der Waals surface area contributed by atoms with E-state index in [1.54, 1.807) is 12.1 Å². The summed E-state index contributed by atoms with van der Waals surface area (Å²) in [6, 6.07) is 14.5. The molecule has 0 aliphatic heterocycles. The first-order valence-corrected chi connectivity index (χ1v) is 8.86. The van der Waals surface area contributed by atoms with Crippen LogP contribution in [0.5, 0.6) is 0 Å². The number of hydrogen-bond donors (Lipinski definition) is 2. The van der Waals surface area contributed by atoms with Gasteiger partial charge in [-0.25, -0.2) is 0 Å². The lowest BCUT2D eigenvalue weighted by Crippen LogP contribution is -2.53. The van der Waals surface area contributed by atoms with Crippen molar-refractivity contribution in [3.63, 3.8) is 0 Å². The van der Waals surface area contributed by atoms with Crippen molar-refractivity contribution in [1.29, 1.82) is 0 Å². The number of hydrogen-bond acceptors (Lipinski definition) is 2. The minimum absolute atomic E-state index is 0.0896. The molecule has 1 fully saturated rings. The molecule has 4 nitrogen and oxygen atoms in total. The topological polar surface area (TPSA) is 58.2 Å². The highest BCUT2D eigenvalue weighted by molar-refractivity contribution is 6.42. The molecule has 0 bridgehead atoms. The van der Waals surface area contributed by atoms with Crippen molar-refractivity contribution >= 4 is 35.0 Å². The van der Waals surface area contributed by atoms with Crippen LogP contribution in [0, 0.1) is 0 Å². The smallest absolute Gasteiger partial charge is 0.251 e. The number of amides is 2. The maximum absolute atomic E-state index is 12.3. The molecule has 1 aliphatic rings. The first kappa shape index (κ1) is 17.8. The van der Waals surface area contributed by atoms with Crippen molar-refractivity contribution in [1.82, 2.24) is 10.6 Å². The molecule has 1 aliphatic carbocycles. The van der Waals surface area contributed by atoms with E-state index >= 15 is 0 Å². The molecule has 0 heterocycles. The van der Waals surface area contributed by atoms with Gasteiger partial charge in [-0.1, -0.05) is 53.5 Å². The molecule has 2 aromatic rings. The molecule has 2 aromatic carbocycles. The Kier molecular flexibility index (Phi) is 5.30. The lowest BCUT2D eigenvalue weighted by atomic mass is 9.72. The number of halogens is 2. The predicted octanol–water partition coefficient (Wildman–Crippen LogP) is 3.92. The normalized spacial score (nSPS) is 15.1. The largest absolute Gasteiger partial charge is 0.345 e. The van der Waals surface area contributed by atoms with Gasteiger partial charge in [0.2, 0.25) is 5.91 Å². The van der Waals surface area contributed by atoms with Crippen molar-refractivity contribution in [3.05, 3.63) is 69.7 Å². The maximum Gasteiger partial charge on any atom is 0.251 e. The van der Waals surface area contributed by atoms with E-state index in [1.807, 2.05) is 30.3 Å². The van der Waals surface area contributed by atoms with E-state index in [1.165, 1.54) is 6.07 Å². The lowest BCUT2D eigenvalue weighted by Gasteiger charge is -2.43. The first-order chi connectivity index (χ1) is 12.0. The molecule has 0 saturated heterocycles. The number of carbonyl (C=O) groups excluding carboxylic acids is 2. The Balaban J connectivity index is 1.59. The Morgan fingerprint density at radius 3 is 2.32 bits per heavy atom. The molecule has 0 atom stereocenters. The zero-order valence-electron chi connectivity index (χ0n) is 13.5. The molecule has 0 radical (unpaired) electrons. The Hall–Kier alpha value is -2.04. The summed E-state index contributed by atoms with van der Waals surface area (Å²) in [5, 5.41) is 6.37. The van der Waals surface area contributed by atoms with E-state index < -0.39 is 0 Å². The second-order valence-electron chi connectivity index (χ2n) is 6.16. The van der Waals surface area contributed by atoms with Crippen LogP contribution in [0.3, 0.4) is 0 Å². The van der Waals surface area contributed by atoms with Crippen LogP contribution in [0.1, 0.15) is 35.2 Å². The highest BCUT2D eigenvalue weighted by atomic mass is 35.5. The Bertz CT molecular complexity index is 789. The maximum atomic E-state index is 12.3. The van der Waals surface area contributed by atoms with Crippen molar-refractivity contribution in [3.8, 4) is 0 Å². The zero-order valence-corrected chi connectivity index (χ0v) is 15.0. The van der Waals surface area contributed by atoms with Crippen LogP contribution < -0.4 is 10.6 Å². The fraction of sp³-hybridized carbons (Fsp3) is 0.263. The SMILES string of the molecule is O=C(CNC(=O)c1ccc(Cl)c(Cl)c1)NC1(c2ccccc2)CCC1. The summed E-state index contributed by atoms with van der Waals surface area (Å²) in [4.78, 5) is 24.4. The molecule has 0 spiro atoms. The Morgan fingerprint density at radius 1 is 1.00 bits per heavy atom. The summed E-state index contributed by atoms with van der Waals surface area (Å²) in [6.07, 6.45) is 2.89. The van der Waals surface area contributed by atoms with Crippen molar-refractivity contribution in [2.75, 3.05) is 6.54 Å². The standard InChI is InChI=1S/C19H18Cl2N2O2/c20-15-8-7-13(11-16(15)21)18(25)22-12-17(24)23-19(9-4-10-19)14-5-2-1-3-6-14/h1-3,5-8,11H,4,9-10,12H2,(H,22,25)(H,23,24). The van der Waals surface area contributed by atoms with Gasteiger partial charge in [-0.15, -0.1) is 0 Å². The van der Waals surface area contributed by atoms with E-state index in [-0.39, 0.29) is 23.9 Å². The van der Waals surface area contributed by atoms with Crippen LogP contribution in [0.2, 0.25) is 10.0 Å². The van der Waals surface area contributed by atoms with Gasteiger partial charge in [0.1, 0.15) is 0 Å². The minimum Gasteiger partial charge on any atom is -0.345 e. The third kappa shape index (κ3) is 3.97.